The molecule has 1 amide bonds. The van der Waals surface area contributed by atoms with Crippen LogP contribution < -0.4 is 15.6 Å². The van der Waals surface area contributed by atoms with Crippen LogP contribution in [0.5, 0.6) is 5.75 Å². The highest BCUT2D eigenvalue weighted by atomic mass is 32.2. The van der Waals surface area contributed by atoms with Gasteiger partial charge in [0.1, 0.15) is 12.4 Å². The Morgan fingerprint density at radius 2 is 1.74 bits per heavy atom. The van der Waals surface area contributed by atoms with Crippen molar-refractivity contribution in [2.75, 3.05) is 24.8 Å². The molecular weight excluding hydrogens is 462 g/mol. The van der Waals surface area contributed by atoms with Crippen LogP contribution in [0.25, 0.3) is 10.9 Å². The summed E-state index contributed by atoms with van der Waals surface area (Å²) in [7, 11) is 1.59. The van der Waals surface area contributed by atoms with E-state index in [-0.39, 0.29) is 23.3 Å². The van der Waals surface area contributed by atoms with E-state index in [1.165, 1.54) is 11.8 Å². The van der Waals surface area contributed by atoms with Crippen molar-refractivity contribution in [2.24, 2.45) is 0 Å². The normalized spacial score (nSPS) is 11.8. The monoisotopic (exact) mass is 489 g/mol. The average molecular weight is 490 g/mol. The van der Waals surface area contributed by atoms with Gasteiger partial charge in [-0.05, 0) is 48.9 Å². The summed E-state index contributed by atoms with van der Waals surface area (Å²) in [6.45, 7) is 2.73. The lowest BCUT2D eigenvalue weighted by Gasteiger charge is -2.18. The molecule has 0 fully saturated rings. The number of fused-ring (bicyclic) bond motifs is 1. The Morgan fingerprint density at radius 3 is 2.49 bits per heavy atom. The van der Waals surface area contributed by atoms with E-state index in [9.17, 15) is 9.59 Å². The van der Waals surface area contributed by atoms with Gasteiger partial charge in [-0.1, -0.05) is 54.2 Å². The number of benzene rings is 3. The van der Waals surface area contributed by atoms with Crippen molar-refractivity contribution in [3.8, 4) is 5.75 Å². The minimum Gasteiger partial charge on any atom is -0.489 e. The fourth-order valence-electron chi connectivity index (χ4n) is 3.63. The fourth-order valence-corrected chi connectivity index (χ4v) is 4.53. The van der Waals surface area contributed by atoms with E-state index in [1.807, 2.05) is 61.5 Å². The number of hydrogen-bond donors (Lipinski definition) is 1. The third-order valence-electron chi connectivity index (χ3n) is 5.34. The maximum absolute atomic E-state index is 13.1. The van der Waals surface area contributed by atoms with Gasteiger partial charge in [0.25, 0.3) is 5.56 Å². The van der Waals surface area contributed by atoms with Crippen LogP contribution >= 0.6 is 11.8 Å². The second-order valence-corrected chi connectivity index (χ2v) is 8.97. The molecule has 0 spiro atoms. The second kappa shape index (κ2) is 11.7. The highest BCUT2D eigenvalue weighted by Crippen LogP contribution is 2.22. The van der Waals surface area contributed by atoms with E-state index in [1.54, 1.807) is 35.9 Å². The van der Waals surface area contributed by atoms with E-state index in [4.69, 9.17) is 9.47 Å². The lowest BCUT2D eigenvalue weighted by Crippen LogP contribution is -2.29. The minimum atomic E-state index is -0.224. The van der Waals surface area contributed by atoms with Crippen molar-refractivity contribution in [2.45, 2.75) is 24.7 Å². The number of nitrogens with zero attached hydrogens (tertiary/aromatic N) is 2. The Balaban J connectivity index is 1.40. The van der Waals surface area contributed by atoms with Crippen LogP contribution in [-0.4, -0.2) is 34.9 Å². The lowest BCUT2D eigenvalue weighted by molar-refractivity contribution is -0.113. The summed E-state index contributed by atoms with van der Waals surface area (Å²) in [5.41, 5.74) is 2.21. The predicted molar refractivity (Wildman–Crippen MR) is 139 cm³/mol. The number of carbonyl (C=O) groups is 1. The molecule has 0 bridgehead atoms. The predicted octanol–water partition coefficient (Wildman–Crippen LogP) is 4.91. The van der Waals surface area contributed by atoms with Gasteiger partial charge in [0, 0.05) is 12.8 Å². The topological polar surface area (TPSA) is 82.4 Å². The smallest absolute Gasteiger partial charge is 0.262 e. The Kier molecular flexibility index (Phi) is 8.18. The third-order valence-corrected chi connectivity index (χ3v) is 6.30. The Hall–Kier alpha value is -3.62. The molecule has 35 heavy (non-hydrogen) atoms. The van der Waals surface area contributed by atoms with E-state index >= 15 is 0 Å². The molecule has 1 atom stereocenters. The summed E-state index contributed by atoms with van der Waals surface area (Å²) in [5.74, 6) is 0.635. The molecule has 1 N–H and O–H groups in total. The molecule has 1 aromatic heterocycles. The molecule has 180 valence electrons. The Morgan fingerprint density at radius 1 is 1.03 bits per heavy atom. The van der Waals surface area contributed by atoms with Crippen molar-refractivity contribution in [3.63, 3.8) is 0 Å². The molecule has 7 nitrogen and oxygen atoms in total. The first-order valence-electron chi connectivity index (χ1n) is 11.2. The van der Waals surface area contributed by atoms with Crippen LogP contribution in [0.15, 0.2) is 88.8 Å². The minimum absolute atomic E-state index is 0.108. The molecular formula is C27H27N3O4S. The largest absolute Gasteiger partial charge is 0.489 e. The maximum atomic E-state index is 13.1. The number of anilines is 1. The molecule has 0 saturated carbocycles. The third kappa shape index (κ3) is 6.29. The van der Waals surface area contributed by atoms with Gasteiger partial charge in [0.2, 0.25) is 5.91 Å². The van der Waals surface area contributed by atoms with Crippen LogP contribution in [0.2, 0.25) is 0 Å². The number of rotatable bonds is 10. The highest BCUT2D eigenvalue weighted by molar-refractivity contribution is 7.99. The summed E-state index contributed by atoms with van der Waals surface area (Å²) in [6.07, 6.45) is 0. The van der Waals surface area contributed by atoms with E-state index < -0.39 is 0 Å². The highest BCUT2D eigenvalue weighted by Gasteiger charge is 2.17. The maximum Gasteiger partial charge on any atom is 0.262 e. The number of thioether (sulfide) groups is 1. The molecule has 8 heteroatoms. The molecule has 4 aromatic rings. The summed E-state index contributed by atoms with van der Waals surface area (Å²) >= 11 is 1.23. The molecule has 3 aromatic carbocycles. The van der Waals surface area contributed by atoms with Gasteiger partial charge < -0.3 is 14.8 Å². The Labute approximate surface area is 208 Å². The number of hydrogen-bond acceptors (Lipinski definition) is 6. The molecule has 0 radical (unpaired) electrons. The standard InChI is InChI=1S/C27H27N3O4S/c1-19(16-33-2)30-26(32)23-10-6-7-11-24(23)29-27(30)35-18-25(31)28-21-12-14-22(15-13-21)34-17-20-8-4-3-5-9-20/h3-15,19H,16-18H2,1-2H3,(H,28,31)/t19-/m1/s1. The lowest BCUT2D eigenvalue weighted by atomic mass is 10.2. The first-order valence-corrected chi connectivity index (χ1v) is 12.2. The number of ether oxygens (including phenoxy) is 2. The van der Waals surface area contributed by atoms with Crippen molar-refractivity contribution in [3.05, 3.63) is 94.8 Å². The molecule has 4 rings (SSSR count). The van der Waals surface area contributed by atoms with E-state index in [0.29, 0.717) is 35.0 Å². The quantitative estimate of drug-likeness (QED) is 0.252. The first-order chi connectivity index (χ1) is 17.0. The number of carbonyl (C=O) groups excluding carboxylic acids is 1. The summed E-state index contributed by atoms with van der Waals surface area (Å²) < 4.78 is 12.6. The number of para-hydroxylation sites is 1. The van der Waals surface area contributed by atoms with Crippen LogP contribution in [0, 0.1) is 0 Å². The zero-order valence-electron chi connectivity index (χ0n) is 19.6. The van der Waals surface area contributed by atoms with Crippen molar-refractivity contribution < 1.29 is 14.3 Å². The van der Waals surface area contributed by atoms with Crippen molar-refractivity contribution in [1.29, 1.82) is 0 Å². The van der Waals surface area contributed by atoms with Crippen LogP contribution in [0.4, 0.5) is 5.69 Å². The van der Waals surface area contributed by atoms with Gasteiger partial charge in [-0.2, -0.15) is 0 Å². The summed E-state index contributed by atoms with van der Waals surface area (Å²) in [6, 6.07) is 24.2. The number of aromatic nitrogens is 2. The van der Waals surface area contributed by atoms with Gasteiger partial charge in [0.05, 0.1) is 29.3 Å². The second-order valence-electron chi connectivity index (χ2n) is 8.03. The van der Waals surface area contributed by atoms with E-state index in [0.717, 1.165) is 11.3 Å². The van der Waals surface area contributed by atoms with Gasteiger partial charge in [-0.25, -0.2) is 4.98 Å². The molecule has 0 aliphatic rings. The number of nitrogens with one attached hydrogen (secondary N) is 1. The number of amides is 1. The van der Waals surface area contributed by atoms with Crippen LogP contribution in [-0.2, 0) is 16.1 Å². The zero-order valence-corrected chi connectivity index (χ0v) is 20.5. The van der Waals surface area contributed by atoms with Gasteiger partial charge in [-0.15, -0.1) is 0 Å². The van der Waals surface area contributed by atoms with Crippen LogP contribution in [0.1, 0.15) is 18.5 Å². The summed E-state index contributed by atoms with van der Waals surface area (Å²) in [5, 5.41) is 3.91. The van der Waals surface area contributed by atoms with Crippen molar-refractivity contribution >= 4 is 34.3 Å². The van der Waals surface area contributed by atoms with Gasteiger partial charge in [0.15, 0.2) is 5.16 Å². The molecule has 0 saturated heterocycles. The molecule has 0 unspecified atom stereocenters. The zero-order chi connectivity index (χ0) is 24.6. The van der Waals surface area contributed by atoms with Crippen molar-refractivity contribution in [1.82, 2.24) is 9.55 Å². The van der Waals surface area contributed by atoms with E-state index in [2.05, 4.69) is 10.3 Å². The van der Waals surface area contributed by atoms with Gasteiger partial charge >= 0.3 is 0 Å². The number of methoxy groups -OCH3 is 1. The van der Waals surface area contributed by atoms with Crippen LogP contribution in [0.3, 0.4) is 0 Å². The SMILES string of the molecule is COC[C@@H](C)n1c(SCC(=O)Nc2ccc(OCc3ccccc3)cc2)nc2ccccc2c1=O. The van der Waals surface area contributed by atoms with Gasteiger partial charge in [-0.3, -0.25) is 14.2 Å². The molecule has 0 aliphatic carbocycles. The summed E-state index contributed by atoms with van der Waals surface area (Å²) in [4.78, 5) is 30.4. The fraction of sp³-hybridized carbons (Fsp3) is 0.222. The average Bonchev–Trinajstić information content (AvgIpc) is 2.88. The Bertz CT molecular complexity index is 1340. The molecule has 0 aliphatic heterocycles. The molecule has 1 heterocycles. The first kappa shape index (κ1) is 24.5.